The molecule has 1 heterocycles. The van der Waals surface area contributed by atoms with E-state index in [0.29, 0.717) is 19.5 Å². The number of amides is 3. The summed E-state index contributed by atoms with van der Waals surface area (Å²) in [6, 6.07) is 7.43. The summed E-state index contributed by atoms with van der Waals surface area (Å²) in [4.78, 5) is 28.5. The zero-order chi connectivity index (χ0) is 22.5. The first-order chi connectivity index (χ1) is 15.0. The minimum absolute atomic E-state index is 0.169. The molecule has 2 rings (SSSR count). The first-order valence-electron chi connectivity index (χ1n) is 11.5. The van der Waals surface area contributed by atoms with E-state index in [9.17, 15) is 9.59 Å². The molecule has 1 aliphatic heterocycles. The monoisotopic (exact) mass is 433 g/mol. The average Bonchev–Trinajstić information content (AvgIpc) is 2.79. The number of benzene rings is 1. The highest BCUT2D eigenvalue weighted by Gasteiger charge is 2.20. The van der Waals surface area contributed by atoms with Gasteiger partial charge in [0.2, 0.25) is 5.91 Å². The average molecular weight is 434 g/mol. The molecule has 1 saturated heterocycles. The fourth-order valence-corrected chi connectivity index (χ4v) is 3.84. The molecular formula is C23H39N5O3. The number of nitrogens with zero attached hydrogens (tertiary/aromatic N) is 3. The van der Waals surface area contributed by atoms with Gasteiger partial charge in [0, 0.05) is 45.7 Å². The Hall–Kier alpha value is -2.48. The Bertz CT molecular complexity index is 677. The summed E-state index contributed by atoms with van der Waals surface area (Å²) in [5, 5.41) is 1.25. The maximum absolute atomic E-state index is 12.3. The van der Waals surface area contributed by atoms with Gasteiger partial charge < -0.3 is 15.4 Å². The SMILES string of the molecule is CCCCCCCCN(NC(=O)CCN1CCN(c2ccccc2OC)CC1)C(N)=O. The van der Waals surface area contributed by atoms with E-state index in [0.717, 1.165) is 56.9 Å². The maximum Gasteiger partial charge on any atom is 0.333 e. The quantitative estimate of drug-likeness (QED) is 0.391. The van der Waals surface area contributed by atoms with Gasteiger partial charge in [-0.1, -0.05) is 51.2 Å². The van der Waals surface area contributed by atoms with Crippen LogP contribution in [-0.2, 0) is 4.79 Å². The number of carbonyl (C=O) groups is 2. The van der Waals surface area contributed by atoms with E-state index in [2.05, 4.69) is 28.2 Å². The summed E-state index contributed by atoms with van der Waals surface area (Å²) in [5.41, 5.74) is 9.21. The number of hydrogen-bond donors (Lipinski definition) is 2. The van der Waals surface area contributed by atoms with Crippen molar-refractivity contribution < 1.29 is 14.3 Å². The second-order valence-corrected chi connectivity index (χ2v) is 8.04. The molecule has 0 radical (unpaired) electrons. The molecule has 0 unspecified atom stereocenters. The van der Waals surface area contributed by atoms with E-state index in [1.165, 1.54) is 24.3 Å². The van der Waals surface area contributed by atoms with E-state index in [-0.39, 0.29) is 5.91 Å². The molecule has 3 N–H and O–H groups in total. The smallest absolute Gasteiger partial charge is 0.333 e. The predicted molar refractivity (Wildman–Crippen MR) is 124 cm³/mol. The van der Waals surface area contributed by atoms with Crippen LogP contribution in [0.2, 0.25) is 0 Å². The van der Waals surface area contributed by atoms with Gasteiger partial charge in [-0.3, -0.25) is 15.1 Å². The lowest BCUT2D eigenvalue weighted by Crippen LogP contribution is -2.51. The normalized spacial score (nSPS) is 14.3. The number of carbonyl (C=O) groups excluding carboxylic acids is 2. The second kappa shape index (κ2) is 13.7. The molecule has 0 bridgehead atoms. The van der Waals surface area contributed by atoms with Gasteiger partial charge in [-0.2, -0.15) is 0 Å². The van der Waals surface area contributed by atoms with Gasteiger partial charge in [0.05, 0.1) is 12.8 Å². The lowest BCUT2D eigenvalue weighted by molar-refractivity contribution is -0.125. The van der Waals surface area contributed by atoms with Gasteiger partial charge in [-0.25, -0.2) is 9.80 Å². The molecule has 1 aromatic rings. The molecule has 1 fully saturated rings. The molecule has 174 valence electrons. The van der Waals surface area contributed by atoms with Crippen molar-refractivity contribution in [1.82, 2.24) is 15.3 Å². The first kappa shape index (κ1) is 24.8. The number of methoxy groups -OCH3 is 1. The van der Waals surface area contributed by atoms with E-state index in [1.54, 1.807) is 7.11 Å². The van der Waals surface area contributed by atoms with Gasteiger partial charge >= 0.3 is 6.03 Å². The molecule has 0 aliphatic carbocycles. The molecule has 31 heavy (non-hydrogen) atoms. The Labute approximate surface area is 186 Å². The largest absolute Gasteiger partial charge is 0.495 e. The minimum atomic E-state index is -0.604. The van der Waals surface area contributed by atoms with Crippen LogP contribution in [0.15, 0.2) is 24.3 Å². The molecule has 8 heteroatoms. The van der Waals surface area contributed by atoms with Gasteiger partial charge in [-0.15, -0.1) is 0 Å². The molecule has 1 aliphatic rings. The van der Waals surface area contributed by atoms with E-state index >= 15 is 0 Å². The van der Waals surface area contributed by atoms with Crippen LogP contribution in [0, 0.1) is 0 Å². The Kier molecular flexibility index (Phi) is 11.0. The summed E-state index contributed by atoms with van der Waals surface area (Å²) in [5.74, 6) is 0.712. The van der Waals surface area contributed by atoms with Crippen molar-refractivity contribution in [1.29, 1.82) is 0 Å². The summed E-state index contributed by atoms with van der Waals surface area (Å²) < 4.78 is 5.46. The van der Waals surface area contributed by atoms with Crippen molar-refractivity contribution >= 4 is 17.6 Å². The molecule has 0 spiro atoms. The van der Waals surface area contributed by atoms with Crippen molar-refractivity contribution in [3.8, 4) is 5.75 Å². The number of para-hydroxylation sites is 2. The van der Waals surface area contributed by atoms with Crippen LogP contribution in [0.5, 0.6) is 5.75 Å². The lowest BCUT2D eigenvalue weighted by Gasteiger charge is -2.36. The van der Waals surface area contributed by atoms with E-state index < -0.39 is 6.03 Å². The Morgan fingerprint density at radius 1 is 1.06 bits per heavy atom. The molecule has 0 saturated carbocycles. The zero-order valence-electron chi connectivity index (χ0n) is 19.1. The molecule has 3 amide bonds. The summed E-state index contributed by atoms with van der Waals surface area (Å²) >= 11 is 0. The lowest BCUT2D eigenvalue weighted by atomic mass is 10.1. The van der Waals surface area contributed by atoms with Crippen molar-refractivity contribution in [3.63, 3.8) is 0 Å². The third-order valence-electron chi connectivity index (χ3n) is 5.71. The highest BCUT2D eigenvalue weighted by Crippen LogP contribution is 2.28. The number of hydrazine groups is 1. The number of hydrogen-bond acceptors (Lipinski definition) is 5. The van der Waals surface area contributed by atoms with Crippen LogP contribution in [0.3, 0.4) is 0 Å². The van der Waals surface area contributed by atoms with Crippen molar-refractivity contribution in [2.75, 3.05) is 51.3 Å². The number of primary amides is 1. The van der Waals surface area contributed by atoms with Crippen molar-refractivity contribution in [3.05, 3.63) is 24.3 Å². The third-order valence-corrected chi connectivity index (χ3v) is 5.71. The van der Waals surface area contributed by atoms with Gasteiger partial charge in [0.25, 0.3) is 0 Å². The van der Waals surface area contributed by atoms with Crippen LogP contribution in [0.1, 0.15) is 51.9 Å². The van der Waals surface area contributed by atoms with Crippen LogP contribution in [0.25, 0.3) is 0 Å². The first-order valence-corrected chi connectivity index (χ1v) is 11.5. The predicted octanol–water partition coefficient (Wildman–Crippen LogP) is 2.98. The standard InChI is InChI=1S/C23H39N5O3/c1-3-4-5-6-7-10-14-28(23(24)30)25-22(29)13-15-26-16-18-27(19-17-26)20-11-8-9-12-21(20)31-2/h8-9,11-12H,3-7,10,13-19H2,1-2H3,(H2,24,30)(H,25,29). The number of nitrogens with one attached hydrogen (secondary N) is 1. The zero-order valence-corrected chi connectivity index (χ0v) is 19.1. The number of ether oxygens (including phenoxy) is 1. The number of anilines is 1. The Balaban J connectivity index is 1.68. The van der Waals surface area contributed by atoms with E-state index in [4.69, 9.17) is 10.5 Å². The fraction of sp³-hybridized carbons (Fsp3) is 0.652. The highest BCUT2D eigenvalue weighted by molar-refractivity contribution is 5.80. The number of rotatable bonds is 12. The van der Waals surface area contributed by atoms with Crippen molar-refractivity contribution in [2.24, 2.45) is 5.73 Å². The minimum Gasteiger partial charge on any atom is -0.495 e. The van der Waals surface area contributed by atoms with E-state index in [1.807, 2.05) is 18.2 Å². The third kappa shape index (κ3) is 8.65. The molecule has 1 aromatic carbocycles. The van der Waals surface area contributed by atoms with Crippen molar-refractivity contribution in [2.45, 2.75) is 51.9 Å². The van der Waals surface area contributed by atoms with Gasteiger partial charge in [0.1, 0.15) is 5.75 Å². The molecule has 0 atom stereocenters. The van der Waals surface area contributed by atoms with Gasteiger partial charge in [0.15, 0.2) is 0 Å². The number of nitrogens with two attached hydrogens (primary N) is 1. The number of unbranched alkanes of at least 4 members (excludes halogenated alkanes) is 5. The van der Waals surface area contributed by atoms with Crippen LogP contribution < -0.4 is 20.8 Å². The Morgan fingerprint density at radius 2 is 1.74 bits per heavy atom. The summed E-state index contributed by atoms with van der Waals surface area (Å²) in [6.45, 7) is 6.83. The fourth-order valence-electron chi connectivity index (χ4n) is 3.84. The summed E-state index contributed by atoms with van der Waals surface area (Å²) in [6.07, 6.45) is 7.03. The second-order valence-electron chi connectivity index (χ2n) is 8.04. The van der Waals surface area contributed by atoms with Gasteiger partial charge in [-0.05, 0) is 18.6 Å². The van der Waals surface area contributed by atoms with Crippen LogP contribution in [-0.4, -0.2) is 68.2 Å². The van der Waals surface area contributed by atoms with Crippen LogP contribution >= 0.6 is 0 Å². The summed E-state index contributed by atoms with van der Waals surface area (Å²) in [7, 11) is 1.69. The van der Waals surface area contributed by atoms with Crippen LogP contribution in [0.4, 0.5) is 10.5 Å². The topological polar surface area (TPSA) is 91.1 Å². The highest BCUT2D eigenvalue weighted by atomic mass is 16.5. The number of piperazine rings is 1. The maximum atomic E-state index is 12.3. The number of urea groups is 1. The molecular weight excluding hydrogens is 394 g/mol. The Morgan fingerprint density at radius 3 is 2.42 bits per heavy atom. The molecule has 8 nitrogen and oxygen atoms in total. The molecule has 0 aromatic heterocycles.